The van der Waals surface area contributed by atoms with Gasteiger partial charge in [-0.05, 0) is 38.0 Å². The van der Waals surface area contributed by atoms with Gasteiger partial charge in [-0.15, -0.1) is 0 Å². The standard InChI is InChI=1S/C14H24N2O2/c17-13-9-5-4-8-12(13)16-14(18)15-10-11-6-2-1-3-7-11/h1-2,11-13,17H,3-10H2,(H2,15,16,18)/t11-,12+,13-/m1/s1. The fourth-order valence-corrected chi connectivity index (χ4v) is 2.78. The summed E-state index contributed by atoms with van der Waals surface area (Å²) in [6.45, 7) is 0.735. The lowest BCUT2D eigenvalue weighted by Gasteiger charge is -2.28. The highest BCUT2D eigenvalue weighted by Gasteiger charge is 2.24. The SMILES string of the molecule is O=C(NC[C@@H]1CC=CCC1)N[C@H]1CCCC[C@H]1O. The number of amides is 2. The van der Waals surface area contributed by atoms with Gasteiger partial charge in [0.25, 0.3) is 0 Å². The van der Waals surface area contributed by atoms with E-state index >= 15 is 0 Å². The summed E-state index contributed by atoms with van der Waals surface area (Å²) in [5, 5.41) is 15.6. The normalized spacial score (nSPS) is 31.9. The lowest BCUT2D eigenvalue weighted by Crippen LogP contribution is -2.49. The summed E-state index contributed by atoms with van der Waals surface area (Å²) < 4.78 is 0. The maximum atomic E-state index is 11.7. The van der Waals surface area contributed by atoms with E-state index < -0.39 is 0 Å². The summed E-state index contributed by atoms with van der Waals surface area (Å²) in [5.74, 6) is 0.567. The molecule has 0 unspecified atom stereocenters. The molecule has 2 rings (SSSR count). The average Bonchev–Trinajstić information content (AvgIpc) is 2.40. The van der Waals surface area contributed by atoms with Crippen LogP contribution in [0.4, 0.5) is 4.79 Å². The van der Waals surface area contributed by atoms with Crippen LogP contribution in [0, 0.1) is 5.92 Å². The molecule has 0 aromatic carbocycles. The van der Waals surface area contributed by atoms with Gasteiger partial charge in [-0.25, -0.2) is 4.79 Å². The van der Waals surface area contributed by atoms with Crippen LogP contribution in [0.2, 0.25) is 0 Å². The van der Waals surface area contributed by atoms with Gasteiger partial charge in [0.05, 0.1) is 12.1 Å². The summed E-state index contributed by atoms with van der Waals surface area (Å²) in [4.78, 5) is 11.7. The summed E-state index contributed by atoms with van der Waals surface area (Å²) in [7, 11) is 0. The molecule has 0 heterocycles. The number of carbonyl (C=O) groups is 1. The maximum Gasteiger partial charge on any atom is 0.315 e. The van der Waals surface area contributed by atoms with Crippen LogP contribution in [0.3, 0.4) is 0 Å². The number of aliphatic hydroxyl groups excluding tert-OH is 1. The molecule has 18 heavy (non-hydrogen) atoms. The first kappa shape index (κ1) is 13.4. The Balaban J connectivity index is 1.66. The van der Waals surface area contributed by atoms with Gasteiger partial charge >= 0.3 is 6.03 Å². The molecule has 0 saturated heterocycles. The molecule has 2 aliphatic rings. The second kappa shape index (κ2) is 6.78. The molecule has 0 radical (unpaired) electrons. The third-order valence-corrected chi connectivity index (χ3v) is 3.97. The minimum Gasteiger partial charge on any atom is -0.391 e. The van der Waals surface area contributed by atoms with Crippen molar-refractivity contribution in [1.82, 2.24) is 10.6 Å². The molecule has 0 bridgehead atoms. The zero-order valence-electron chi connectivity index (χ0n) is 10.9. The molecule has 3 N–H and O–H groups in total. The molecular weight excluding hydrogens is 228 g/mol. The molecule has 102 valence electrons. The Bertz CT molecular complexity index is 304. The molecule has 1 saturated carbocycles. The van der Waals surface area contributed by atoms with Crippen molar-refractivity contribution in [2.75, 3.05) is 6.54 Å². The van der Waals surface area contributed by atoms with Crippen LogP contribution in [0.25, 0.3) is 0 Å². The van der Waals surface area contributed by atoms with Gasteiger partial charge in [0.1, 0.15) is 0 Å². The van der Waals surface area contributed by atoms with E-state index in [1.807, 2.05) is 0 Å². The van der Waals surface area contributed by atoms with E-state index in [1.165, 1.54) is 0 Å². The van der Waals surface area contributed by atoms with Crippen molar-refractivity contribution in [2.24, 2.45) is 5.92 Å². The first-order valence-electron chi connectivity index (χ1n) is 7.13. The molecule has 0 spiro atoms. The molecule has 3 atom stereocenters. The lowest BCUT2D eigenvalue weighted by molar-refractivity contribution is 0.0942. The number of urea groups is 1. The van der Waals surface area contributed by atoms with Gasteiger partial charge in [0, 0.05) is 6.54 Å². The van der Waals surface area contributed by atoms with Crippen molar-refractivity contribution >= 4 is 6.03 Å². The topological polar surface area (TPSA) is 61.4 Å². The number of hydrogen-bond acceptors (Lipinski definition) is 2. The van der Waals surface area contributed by atoms with Gasteiger partial charge in [-0.2, -0.15) is 0 Å². The molecule has 4 heteroatoms. The van der Waals surface area contributed by atoms with E-state index in [4.69, 9.17) is 0 Å². The second-order valence-corrected chi connectivity index (χ2v) is 5.46. The largest absolute Gasteiger partial charge is 0.391 e. The summed E-state index contributed by atoms with van der Waals surface area (Å²) in [5.41, 5.74) is 0. The molecular formula is C14H24N2O2. The predicted molar refractivity (Wildman–Crippen MR) is 71.3 cm³/mol. The monoisotopic (exact) mass is 252 g/mol. The van der Waals surface area contributed by atoms with E-state index in [0.717, 1.165) is 51.5 Å². The third-order valence-electron chi connectivity index (χ3n) is 3.97. The smallest absolute Gasteiger partial charge is 0.315 e. The second-order valence-electron chi connectivity index (χ2n) is 5.46. The predicted octanol–water partition coefficient (Wildman–Crippen LogP) is 1.95. The Kier molecular flexibility index (Phi) is 5.05. The van der Waals surface area contributed by atoms with Crippen LogP contribution >= 0.6 is 0 Å². The van der Waals surface area contributed by atoms with E-state index in [1.54, 1.807) is 0 Å². The minimum atomic E-state index is -0.373. The highest BCUT2D eigenvalue weighted by molar-refractivity contribution is 5.74. The van der Waals surface area contributed by atoms with E-state index in [-0.39, 0.29) is 18.2 Å². The van der Waals surface area contributed by atoms with Crippen LogP contribution in [0.5, 0.6) is 0 Å². The van der Waals surface area contributed by atoms with Crippen molar-refractivity contribution in [3.63, 3.8) is 0 Å². The average molecular weight is 252 g/mol. The Labute approximate surface area is 109 Å². The van der Waals surface area contributed by atoms with Gasteiger partial charge in [-0.1, -0.05) is 25.0 Å². The van der Waals surface area contributed by atoms with E-state index in [0.29, 0.717) is 5.92 Å². The van der Waals surface area contributed by atoms with Crippen LogP contribution in [0.15, 0.2) is 12.2 Å². The number of nitrogens with one attached hydrogen (secondary N) is 2. The van der Waals surface area contributed by atoms with Gasteiger partial charge in [-0.3, -0.25) is 0 Å². The number of hydrogen-bond donors (Lipinski definition) is 3. The number of rotatable bonds is 3. The first-order valence-corrected chi connectivity index (χ1v) is 7.13. The lowest BCUT2D eigenvalue weighted by atomic mass is 9.92. The fourth-order valence-electron chi connectivity index (χ4n) is 2.78. The molecule has 0 aromatic heterocycles. The van der Waals surface area contributed by atoms with E-state index in [9.17, 15) is 9.90 Å². The van der Waals surface area contributed by atoms with Crippen LogP contribution in [-0.2, 0) is 0 Å². The summed E-state index contributed by atoms with van der Waals surface area (Å²) in [6, 6.07) is -0.194. The molecule has 1 fully saturated rings. The van der Waals surface area contributed by atoms with Crippen LogP contribution < -0.4 is 10.6 Å². The highest BCUT2D eigenvalue weighted by atomic mass is 16.3. The van der Waals surface area contributed by atoms with Crippen LogP contribution in [0.1, 0.15) is 44.9 Å². The highest BCUT2D eigenvalue weighted by Crippen LogP contribution is 2.19. The Morgan fingerprint density at radius 3 is 2.78 bits per heavy atom. The van der Waals surface area contributed by atoms with Crippen molar-refractivity contribution < 1.29 is 9.90 Å². The minimum absolute atomic E-state index is 0.0648. The van der Waals surface area contributed by atoms with Gasteiger partial charge in [0.15, 0.2) is 0 Å². The van der Waals surface area contributed by atoms with Crippen LogP contribution in [-0.4, -0.2) is 29.8 Å². The maximum absolute atomic E-state index is 11.7. The zero-order chi connectivity index (χ0) is 12.8. The Morgan fingerprint density at radius 1 is 1.22 bits per heavy atom. The van der Waals surface area contributed by atoms with Crippen molar-refractivity contribution in [2.45, 2.75) is 57.1 Å². The molecule has 2 amide bonds. The fraction of sp³-hybridized carbons (Fsp3) is 0.786. The molecule has 4 nitrogen and oxygen atoms in total. The summed E-state index contributed by atoms with van der Waals surface area (Å²) >= 11 is 0. The molecule has 2 aliphatic carbocycles. The third kappa shape index (κ3) is 4.02. The zero-order valence-corrected chi connectivity index (χ0v) is 10.9. The summed E-state index contributed by atoms with van der Waals surface area (Å²) in [6.07, 6.45) is 11.2. The van der Waals surface area contributed by atoms with E-state index in [2.05, 4.69) is 22.8 Å². The Morgan fingerprint density at radius 2 is 2.06 bits per heavy atom. The molecule has 0 aromatic rings. The quantitative estimate of drug-likeness (QED) is 0.672. The van der Waals surface area contributed by atoms with Crippen molar-refractivity contribution in [3.05, 3.63) is 12.2 Å². The number of carbonyl (C=O) groups excluding carboxylic acids is 1. The van der Waals surface area contributed by atoms with Gasteiger partial charge < -0.3 is 15.7 Å². The first-order chi connectivity index (χ1) is 8.75. The van der Waals surface area contributed by atoms with Crippen molar-refractivity contribution in [3.8, 4) is 0 Å². The van der Waals surface area contributed by atoms with Crippen molar-refractivity contribution in [1.29, 1.82) is 0 Å². The molecule has 0 aliphatic heterocycles. The Hall–Kier alpha value is -1.03. The number of aliphatic hydroxyl groups is 1. The van der Waals surface area contributed by atoms with Gasteiger partial charge in [0.2, 0.25) is 0 Å². The number of allylic oxidation sites excluding steroid dienone is 2.